The normalized spacial score (nSPS) is 20.3. The molecule has 1 heterocycles. The summed E-state index contributed by atoms with van der Waals surface area (Å²) in [4.78, 5) is 17.2. The zero-order valence-electron chi connectivity index (χ0n) is 18.5. The molecule has 1 aliphatic carbocycles. The molecule has 2 fully saturated rings. The molecule has 3 rings (SSSR count). The van der Waals surface area contributed by atoms with E-state index in [1.165, 1.54) is 32.1 Å². The number of aryl methyl sites for hydroxylation is 1. The Kier molecular flexibility index (Phi) is 8.31. The average molecular weight is 436 g/mol. The van der Waals surface area contributed by atoms with Gasteiger partial charge < -0.3 is 4.90 Å². The highest BCUT2D eigenvalue weighted by atomic mass is 32.2. The van der Waals surface area contributed by atoms with Crippen LogP contribution in [0.4, 0.5) is 0 Å². The number of benzene rings is 1. The molecule has 1 saturated carbocycles. The predicted octanol–water partition coefficient (Wildman–Crippen LogP) is 3.02. The van der Waals surface area contributed by atoms with E-state index in [0.29, 0.717) is 36.2 Å². The lowest BCUT2D eigenvalue weighted by Gasteiger charge is -2.36. The fourth-order valence-corrected chi connectivity index (χ4v) is 5.66. The van der Waals surface area contributed by atoms with Gasteiger partial charge in [-0.3, -0.25) is 9.69 Å². The first-order valence-corrected chi connectivity index (χ1v) is 12.9. The molecule has 1 amide bonds. The first-order chi connectivity index (χ1) is 14.3. The number of nitrogens with one attached hydrogen (secondary N) is 1. The van der Waals surface area contributed by atoms with Gasteiger partial charge in [-0.2, -0.15) is 0 Å². The number of hydrogen-bond donors (Lipinski definition) is 1. The minimum Gasteiger partial charge on any atom is -0.340 e. The van der Waals surface area contributed by atoms with Gasteiger partial charge in [0.25, 0.3) is 0 Å². The molecule has 7 heteroatoms. The first-order valence-electron chi connectivity index (χ1n) is 11.4. The predicted molar refractivity (Wildman–Crippen MR) is 120 cm³/mol. The van der Waals surface area contributed by atoms with E-state index in [2.05, 4.69) is 16.5 Å². The Balaban J connectivity index is 1.37. The number of amides is 1. The average Bonchev–Trinajstić information content (AvgIpc) is 2.75. The van der Waals surface area contributed by atoms with E-state index in [4.69, 9.17) is 0 Å². The topological polar surface area (TPSA) is 69.7 Å². The maximum atomic E-state index is 12.7. The molecule has 0 radical (unpaired) electrons. The van der Waals surface area contributed by atoms with Crippen molar-refractivity contribution in [2.45, 2.75) is 57.3 Å². The molecular weight excluding hydrogens is 398 g/mol. The molecule has 0 aromatic heterocycles. The van der Waals surface area contributed by atoms with Crippen molar-refractivity contribution in [3.8, 4) is 0 Å². The number of sulfonamides is 1. The first kappa shape index (κ1) is 23.2. The summed E-state index contributed by atoms with van der Waals surface area (Å²) in [6.45, 7) is 8.29. The lowest BCUT2D eigenvalue weighted by molar-refractivity contribution is -0.134. The Morgan fingerprint density at radius 1 is 1.07 bits per heavy atom. The van der Waals surface area contributed by atoms with E-state index in [0.717, 1.165) is 31.7 Å². The van der Waals surface area contributed by atoms with Crippen LogP contribution in [0.5, 0.6) is 0 Å². The van der Waals surface area contributed by atoms with Gasteiger partial charge in [0.1, 0.15) is 0 Å². The minimum atomic E-state index is -3.47. The van der Waals surface area contributed by atoms with Crippen molar-refractivity contribution >= 4 is 15.9 Å². The van der Waals surface area contributed by atoms with E-state index in [1.807, 2.05) is 11.8 Å². The molecule has 1 saturated heterocycles. The summed E-state index contributed by atoms with van der Waals surface area (Å²) >= 11 is 0. The summed E-state index contributed by atoms with van der Waals surface area (Å²) in [5.74, 6) is 1.48. The zero-order chi connectivity index (χ0) is 21.6. The molecule has 30 heavy (non-hydrogen) atoms. The molecule has 0 bridgehead atoms. The number of hydrogen-bond acceptors (Lipinski definition) is 4. The van der Waals surface area contributed by atoms with Gasteiger partial charge in [-0.05, 0) is 30.9 Å². The highest BCUT2D eigenvalue weighted by Gasteiger charge is 2.26. The summed E-state index contributed by atoms with van der Waals surface area (Å²) in [6.07, 6.45) is 7.20. The number of piperazine rings is 1. The highest BCUT2D eigenvalue weighted by molar-refractivity contribution is 7.89. The molecule has 1 unspecified atom stereocenters. The van der Waals surface area contributed by atoms with Crippen molar-refractivity contribution in [3.05, 3.63) is 29.8 Å². The third-order valence-electron chi connectivity index (χ3n) is 6.73. The molecular formula is C23H37N3O3S. The van der Waals surface area contributed by atoms with Crippen molar-refractivity contribution in [2.75, 3.05) is 39.3 Å². The van der Waals surface area contributed by atoms with Gasteiger partial charge in [0.05, 0.1) is 4.90 Å². The smallest absolute Gasteiger partial charge is 0.240 e. The van der Waals surface area contributed by atoms with Gasteiger partial charge in [0.2, 0.25) is 15.9 Å². The second-order valence-corrected chi connectivity index (χ2v) is 10.8. The lowest BCUT2D eigenvalue weighted by Crippen LogP contribution is -2.50. The van der Waals surface area contributed by atoms with Crippen molar-refractivity contribution in [1.29, 1.82) is 0 Å². The maximum Gasteiger partial charge on any atom is 0.240 e. The van der Waals surface area contributed by atoms with Gasteiger partial charge in [0.15, 0.2) is 0 Å². The molecule has 6 nitrogen and oxygen atoms in total. The zero-order valence-corrected chi connectivity index (χ0v) is 19.3. The van der Waals surface area contributed by atoms with E-state index >= 15 is 0 Å². The summed E-state index contributed by atoms with van der Waals surface area (Å²) in [6, 6.07) is 6.88. The molecule has 1 aromatic carbocycles. The molecule has 168 valence electrons. The Labute approximate surface area is 182 Å². The highest BCUT2D eigenvalue weighted by Crippen LogP contribution is 2.31. The lowest BCUT2D eigenvalue weighted by atomic mass is 9.79. The van der Waals surface area contributed by atoms with Crippen molar-refractivity contribution in [2.24, 2.45) is 11.8 Å². The molecule has 2 aliphatic rings. The van der Waals surface area contributed by atoms with Gasteiger partial charge >= 0.3 is 0 Å². The van der Waals surface area contributed by atoms with E-state index < -0.39 is 10.0 Å². The summed E-state index contributed by atoms with van der Waals surface area (Å²) in [7, 11) is -3.47. The molecule has 0 spiro atoms. The number of nitrogens with zero attached hydrogens (tertiary/aromatic N) is 2. The van der Waals surface area contributed by atoms with Crippen LogP contribution < -0.4 is 4.72 Å². The third-order valence-corrected chi connectivity index (χ3v) is 8.20. The molecule has 1 aliphatic heterocycles. The van der Waals surface area contributed by atoms with Crippen LogP contribution in [0.2, 0.25) is 0 Å². The third kappa shape index (κ3) is 6.53. The monoisotopic (exact) mass is 435 g/mol. The molecule has 1 aromatic rings. The fraction of sp³-hybridized carbons (Fsp3) is 0.696. The summed E-state index contributed by atoms with van der Waals surface area (Å²) < 4.78 is 27.4. The Morgan fingerprint density at radius 2 is 1.70 bits per heavy atom. The van der Waals surface area contributed by atoms with E-state index in [-0.39, 0.29) is 5.91 Å². The Hall–Kier alpha value is -1.44. The van der Waals surface area contributed by atoms with Crippen molar-refractivity contribution in [3.63, 3.8) is 0 Å². The van der Waals surface area contributed by atoms with Crippen LogP contribution in [-0.4, -0.2) is 63.4 Å². The second kappa shape index (κ2) is 10.7. The van der Waals surface area contributed by atoms with Gasteiger partial charge in [-0.15, -0.1) is 0 Å². The molecule has 1 N–H and O–H groups in total. The maximum absolute atomic E-state index is 12.7. The van der Waals surface area contributed by atoms with Gasteiger partial charge in [-0.1, -0.05) is 56.7 Å². The van der Waals surface area contributed by atoms with Crippen LogP contribution in [0, 0.1) is 18.8 Å². The number of carbonyl (C=O) groups is 1. The van der Waals surface area contributed by atoms with Crippen molar-refractivity contribution < 1.29 is 13.2 Å². The SMILES string of the molecule is Cc1ccc(S(=O)(=O)NCCN2CCN(C(=O)CC(C)C3CCCCC3)CC2)cc1. The van der Waals surface area contributed by atoms with Crippen molar-refractivity contribution in [1.82, 2.24) is 14.5 Å². The van der Waals surface area contributed by atoms with Gasteiger partial charge in [0, 0.05) is 45.7 Å². The van der Waals surface area contributed by atoms with Crippen LogP contribution >= 0.6 is 0 Å². The second-order valence-electron chi connectivity index (χ2n) is 9.01. The standard InChI is InChI=1S/C23H37N3O3S/c1-19-8-10-22(11-9-19)30(28,29)24-12-13-25-14-16-26(17-15-25)23(27)18-20(2)21-6-4-3-5-7-21/h8-11,20-21,24H,3-7,12-18H2,1-2H3. The molecule has 1 atom stereocenters. The summed E-state index contributed by atoms with van der Waals surface area (Å²) in [5, 5.41) is 0. The quantitative estimate of drug-likeness (QED) is 0.681. The van der Waals surface area contributed by atoms with Crippen LogP contribution in [-0.2, 0) is 14.8 Å². The minimum absolute atomic E-state index is 0.285. The van der Waals surface area contributed by atoms with E-state index in [9.17, 15) is 13.2 Å². The number of carbonyl (C=O) groups excluding carboxylic acids is 1. The number of rotatable bonds is 8. The largest absolute Gasteiger partial charge is 0.340 e. The van der Waals surface area contributed by atoms with Crippen LogP contribution in [0.3, 0.4) is 0 Å². The van der Waals surface area contributed by atoms with E-state index in [1.54, 1.807) is 24.3 Å². The van der Waals surface area contributed by atoms with Crippen LogP contribution in [0.1, 0.15) is 51.0 Å². The Morgan fingerprint density at radius 3 is 2.33 bits per heavy atom. The summed E-state index contributed by atoms with van der Waals surface area (Å²) in [5.41, 5.74) is 1.04. The van der Waals surface area contributed by atoms with Gasteiger partial charge in [-0.25, -0.2) is 13.1 Å². The fourth-order valence-electron chi connectivity index (χ4n) is 4.63. The van der Waals surface area contributed by atoms with Crippen LogP contribution in [0.15, 0.2) is 29.2 Å². The Bertz CT molecular complexity index is 780. The van der Waals surface area contributed by atoms with Crippen LogP contribution in [0.25, 0.3) is 0 Å².